The third-order valence-corrected chi connectivity index (χ3v) is 5.00. The summed E-state index contributed by atoms with van der Waals surface area (Å²) in [7, 11) is 0. The van der Waals surface area contributed by atoms with E-state index < -0.39 is 17.4 Å². The number of carbonyl (C=O) groups is 2. The average molecular weight is 326 g/mol. The highest BCUT2D eigenvalue weighted by Crippen LogP contribution is 2.28. The van der Waals surface area contributed by atoms with E-state index in [-0.39, 0.29) is 11.6 Å². The lowest BCUT2D eigenvalue weighted by atomic mass is 9.87. The molecule has 0 saturated heterocycles. The van der Waals surface area contributed by atoms with Gasteiger partial charge in [-0.3, -0.25) is 9.59 Å². The monoisotopic (exact) mass is 325 g/mol. The highest BCUT2D eigenvalue weighted by molar-refractivity contribution is 7.17. The second kappa shape index (κ2) is 5.61. The van der Waals surface area contributed by atoms with E-state index in [2.05, 4.69) is 10.3 Å². The van der Waals surface area contributed by atoms with Crippen LogP contribution >= 0.6 is 22.9 Å². The van der Waals surface area contributed by atoms with Crippen molar-refractivity contribution in [3.05, 3.63) is 28.2 Å². The topological polar surface area (TPSA) is 85.1 Å². The molecular weight excluding hydrogens is 310 g/mol. The Labute approximate surface area is 131 Å². The second-order valence-electron chi connectivity index (χ2n) is 5.30. The molecule has 0 aliphatic carbocycles. The van der Waals surface area contributed by atoms with Gasteiger partial charge in [0.2, 0.25) is 5.91 Å². The quantitative estimate of drug-likeness (QED) is 0.906. The Balaban J connectivity index is 2.33. The first-order valence-electron chi connectivity index (χ1n) is 6.42. The zero-order chi connectivity index (χ0) is 15.8. The van der Waals surface area contributed by atoms with Gasteiger partial charge in [0, 0.05) is 5.38 Å². The zero-order valence-corrected chi connectivity index (χ0v) is 13.5. The molecule has 1 atom stereocenters. The lowest BCUT2D eigenvalue weighted by Crippen LogP contribution is -2.58. The van der Waals surface area contributed by atoms with Crippen LogP contribution in [0.2, 0.25) is 5.02 Å². The molecule has 2 rings (SSSR count). The van der Waals surface area contributed by atoms with E-state index in [0.717, 1.165) is 4.70 Å². The van der Waals surface area contributed by atoms with Crippen molar-refractivity contribution in [2.45, 2.75) is 26.3 Å². The van der Waals surface area contributed by atoms with Gasteiger partial charge >= 0.3 is 0 Å². The van der Waals surface area contributed by atoms with Gasteiger partial charge in [0.15, 0.2) is 0 Å². The predicted octanol–water partition coefficient (Wildman–Crippen LogP) is 2.58. The number of amides is 2. The number of hydrogen-bond donors (Lipinski definition) is 2. The number of fused-ring (bicyclic) bond motifs is 1. The first kappa shape index (κ1) is 15.7. The fourth-order valence-electron chi connectivity index (χ4n) is 1.80. The fourth-order valence-corrected chi connectivity index (χ4v) is 2.89. The standard InChI is InChI=1S/C14H16ClN3O2S/c1-7(2)14(3,13(16)20)18-12(19)9-4-5-10-11(17-9)8(15)6-21-10/h4-7H,1-3H3,(H2,16,20)(H,18,19). The lowest BCUT2D eigenvalue weighted by Gasteiger charge is -2.31. The van der Waals surface area contributed by atoms with Crippen LogP contribution < -0.4 is 11.1 Å². The maximum Gasteiger partial charge on any atom is 0.270 e. The molecule has 0 radical (unpaired) electrons. The molecular formula is C14H16ClN3O2S. The normalized spacial score (nSPS) is 14.1. The van der Waals surface area contributed by atoms with Crippen LogP contribution in [0.3, 0.4) is 0 Å². The summed E-state index contributed by atoms with van der Waals surface area (Å²) in [6.07, 6.45) is 0. The van der Waals surface area contributed by atoms with Crippen molar-refractivity contribution in [2.75, 3.05) is 0 Å². The molecule has 0 bridgehead atoms. The highest BCUT2D eigenvalue weighted by atomic mass is 35.5. The molecule has 0 fully saturated rings. The largest absolute Gasteiger partial charge is 0.368 e. The molecule has 0 spiro atoms. The molecule has 2 amide bonds. The number of rotatable bonds is 4. The number of halogens is 1. The van der Waals surface area contributed by atoms with Crippen LogP contribution in [-0.2, 0) is 4.79 Å². The van der Waals surface area contributed by atoms with Crippen LogP contribution in [0.1, 0.15) is 31.3 Å². The third kappa shape index (κ3) is 2.87. The minimum Gasteiger partial charge on any atom is -0.368 e. The van der Waals surface area contributed by atoms with Gasteiger partial charge in [-0.1, -0.05) is 25.4 Å². The minimum atomic E-state index is -1.13. The average Bonchev–Trinajstić information content (AvgIpc) is 2.79. The van der Waals surface area contributed by atoms with Crippen molar-refractivity contribution in [1.29, 1.82) is 0 Å². The first-order chi connectivity index (χ1) is 9.75. The molecule has 112 valence electrons. The molecule has 2 heterocycles. The Hall–Kier alpha value is -1.66. The van der Waals surface area contributed by atoms with E-state index in [0.29, 0.717) is 10.5 Å². The molecule has 0 aliphatic heterocycles. The molecule has 7 heteroatoms. The fraction of sp³-hybridized carbons (Fsp3) is 0.357. The van der Waals surface area contributed by atoms with Gasteiger partial charge in [-0.2, -0.15) is 0 Å². The van der Waals surface area contributed by atoms with Crippen molar-refractivity contribution < 1.29 is 9.59 Å². The molecule has 3 N–H and O–H groups in total. The summed E-state index contributed by atoms with van der Waals surface area (Å²) in [6, 6.07) is 3.39. The van der Waals surface area contributed by atoms with Gasteiger partial charge in [-0.25, -0.2) is 4.98 Å². The van der Waals surface area contributed by atoms with E-state index in [9.17, 15) is 9.59 Å². The Morgan fingerprint density at radius 3 is 2.67 bits per heavy atom. The van der Waals surface area contributed by atoms with Gasteiger partial charge in [0.25, 0.3) is 5.91 Å². The number of aromatic nitrogens is 1. The Kier molecular flexibility index (Phi) is 4.20. The van der Waals surface area contributed by atoms with Crippen LogP contribution in [0.15, 0.2) is 17.5 Å². The van der Waals surface area contributed by atoms with Crippen LogP contribution in [0.5, 0.6) is 0 Å². The Morgan fingerprint density at radius 1 is 1.43 bits per heavy atom. The maximum absolute atomic E-state index is 12.3. The Bertz CT molecular complexity index is 713. The van der Waals surface area contributed by atoms with Gasteiger partial charge < -0.3 is 11.1 Å². The summed E-state index contributed by atoms with van der Waals surface area (Å²) in [5, 5.41) is 4.94. The van der Waals surface area contributed by atoms with Crippen molar-refractivity contribution in [2.24, 2.45) is 11.7 Å². The molecule has 0 aromatic carbocycles. The van der Waals surface area contributed by atoms with E-state index in [1.165, 1.54) is 11.3 Å². The summed E-state index contributed by atoms with van der Waals surface area (Å²) in [4.78, 5) is 28.2. The zero-order valence-electron chi connectivity index (χ0n) is 11.9. The first-order valence-corrected chi connectivity index (χ1v) is 7.67. The van der Waals surface area contributed by atoms with Crippen molar-refractivity contribution in [3.8, 4) is 0 Å². The molecule has 0 aliphatic rings. The summed E-state index contributed by atoms with van der Waals surface area (Å²) >= 11 is 7.48. The number of primary amides is 1. The molecule has 2 aromatic rings. The summed E-state index contributed by atoms with van der Waals surface area (Å²) in [6.45, 7) is 5.24. The number of nitrogens with two attached hydrogens (primary N) is 1. The molecule has 2 aromatic heterocycles. The van der Waals surface area contributed by atoms with Gasteiger partial charge in [-0.05, 0) is 25.0 Å². The maximum atomic E-state index is 12.3. The van der Waals surface area contributed by atoms with E-state index in [4.69, 9.17) is 17.3 Å². The lowest BCUT2D eigenvalue weighted by molar-refractivity contribution is -0.125. The number of nitrogens with one attached hydrogen (secondary N) is 1. The van der Waals surface area contributed by atoms with Crippen LogP contribution in [0, 0.1) is 5.92 Å². The Morgan fingerprint density at radius 2 is 2.10 bits per heavy atom. The summed E-state index contributed by atoms with van der Waals surface area (Å²) < 4.78 is 0.901. The molecule has 1 unspecified atom stereocenters. The van der Waals surface area contributed by atoms with Gasteiger partial charge in [0.05, 0.1) is 9.72 Å². The van der Waals surface area contributed by atoms with Crippen molar-refractivity contribution >= 4 is 45.0 Å². The molecule has 0 saturated carbocycles. The SMILES string of the molecule is CC(C)C(C)(NC(=O)c1ccc2scc(Cl)c2n1)C(N)=O. The second-order valence-corrected chi connectivity index (χ2v) is 6.62. The number of pyridine rings is 1. The number of nitrogens with zero attached hydrogens (tertiary/aromatic N) is 1. The third-order valence-electron chi connectivity index (χ3n) is 3.65. The van der Waals surface area contributed by atoms with E-state index in [1.807, 2.05) is 13.8 Å². The van der Waals surface area contributed by atoms with Crippen LogP contribution in [-0.4, -0.2) is 22.3 Å². The number of hydrogen-bond acceptors (Lipinski definition) is 4. The molecule has 5 nitrogen and oxygen atoms in total. The summed E-state index contributed by atoms with van der Waals surface area (Å²) in [5.41, 5.74) is 5.06. The van der Waals surface area contributed by atoms with Crippen LogP contribution in [0.4, 0.5) is 0 Å². The van der Waals surface area contributed by atoms with Crippen LogP contribution in [0.25, 0.3) is 10.2 Å². The predicted molar refractivity (Wildman–Crippen MR) is 84.5 cm³/mol. The highest BCUT2D eigenvalue weighted by Gasteiger charge is 2.36. The smallest absolute Gasteiger partial charge is 0.270 e. The minimum absolute atomic E-state index is 0.146. The van der Waals surface area contributed by atoms with Crippen molar-refractivity contribution in [3.63, 3.8) is 0 Å². The molecule has 21 heavy (non-hydrogen) atoms. The number of carbonyl (C=O) groups excluding carboxylic acids is 2. The van der Waals surface area contributed by atoms with E-state index >= 15 is 0 Å². The van der Waals surface area contributed by atoms with Gasteiger partial charge in [-0.15, -0.1) is 11.3 Å². The van der Waals surface area contributed by atoms with Crippen molar-refractivity contribution in [1.82, 2.24) is 10.3 Å². The van der Waals surface area contributed by atoms with Gasteiger partial charge in [0.1, 0.15) is 16.7 Å². The number of thiophene rings is 1. The summed E-state index contributed by atoms with van der Waals surface area (Å²) in [5.74, 6) is -1.18. The van der Waals surface area contributed by atoms with E-state index in [1.54, 1.807) is 24.4 Å².